The van der Waals surface area contributed by atoms with E-state index in [4.69, 9.17) is 9.47 Å². The predicted molar refractivity (Wildman–Crippen MR) is 92.0 cm³/mol. The summed E-state index contributed by atoms with van der Waals surface area (Å²) in [5, 5.41) is 0. The second-order valence-electron chi connectivity index (χ2n) is 7.31. The van der Waals surface area contributed by atoms with Crippen molar-refractivity contribution < 1.29 is 14.3 Å². The number of rotatable bonds is 3. The molecule has 0 atom stereocenters. The second-order valence-corrected chi connectivity index (χ2v) is 8.07. The number of hydrogen-bond donors (Lipinski definition) is 0. The average molecular weight is 409 g/mol. The first-order chi connectivity index (χ1) is 9.84. The molecule has 2 fully saturated rings. The molecule has 1 saturated carbocycles. The fourth-order valence-corrected chi connectivity index (χ4v) is 4.01. The van der Waals surface area contributed by atoms with Gasteiger partial charge in [-0.1, -0.05) is 35.4 Å². The van der Waals surface area contributed by atoms with Crippen molar-refractivity contribution in [1.29, 1.82) is 0 Å². The lowest BCUT2D eigenvalue weighted by atomic mass is 9.93. The Labute approximate surface area is 142 Å². The topological polar surface area (TPSA) is 38.8 Å². The molecule has 1 aliphatic carbocycles. The first-order valence-electron chi connectivity index (χ1n) is 8.05. The minimum Gasteiger partial charge on any atom is -0.444 e. The summed E-state index contributed by atoms with van der Waals surface area (Å²) < 4.78 is 12.9. The molecule has 0 N–H and O–H groups in total. The molecule has 2 aliphatic rings. The smallest absolute Gasteiger partial charge is 0.410 e. The zero-order valence-corrected chi connectivity index (χ0v) is 15.6. The van der Waals surface area contributed by atoms with Crippen molar-refractivity contribution in [3.63, 3.8) is 0 Å². The molecular formula is C16H28INO3. The van der Waals surface area contributed by atoms with E-state index in [1.807, 2.05) is 25.7 Å². The van der Waals surface area contributed by atoms with Crippen LogP contribution >= 0.6 is 22.6 Å². The summed E-state index contributed by atoms with van der Waals surface area (Å²) in [4.78, 5) is 13.9. The highest BCUT2D eigenvalue weighted by atomic mass is 127. The number of ether oxygens (including phenoxy) is 2. The molecule has 0 aromatic heterocycles. The average Bonchev–Trinajstić information content (AvgIpc) is 2.90. The molecule has 1 saturated heterocycles. The van der Waals surface area contributed by atoms with Gasteiger partial charge in [0.2, 0.25) is 0 Å². The first-order valence-corrected chi connectivity index (χ1v) is 9.58. The molecule has 122 valence electrons. The molecule has 1 heterocycles. The summed E-state index contributed by atoms with van der Waals surface area (Å²) in [5.41, 5.74) is -0.455. The number of hydrogen-bond acceptors (Lipinski definition) is 3. The quantitative estimate of drug-likeness (QED) is 0.519. The molecule has 0 aromatic rings. The number of carbonyl (C=O) groups excluding carboxylic acids is 1. The molecule has 0 radical (unpaired) electrons. The number of amides is 1. The molecule has 0 unspecified atom stereocenters. The summed E-state index contributed by atoms with van der Waals surface area (Å²) in [5.74, 6) is 0. The highest BCUT2D eigenvalue weighted by Crippen LogP contribution is 2.34. The summed E-state index contributed by atoms with van der Waals surface area (Å²) in [6.07, 6.45) is 7.09. The van der Waals surface area contributed by atoms with Crippen molar-refractivity contribution in [2.75, 3.05) is 17.5 Å². The van der Waals surface area contributed by atoms with E-state index in [0.717, 1.165) is 30.4 Å². The standard InChI is InChI=1S/C16H28INO3/c1-15(2,3)21-14(19)18-10-8-16(12-17,9-11-18)20-13-6-4-5-7-13/h13H,4-12H2,1-3H3. The van der Waals surface area contributed by atoms with Gasteiger partial charge in [-0.25, -0.2) is 4.79 Å². The summed E-state index contributed by atoms with van der Waals surface area (Å²) in [6, 6.07) is 0. The maximum atomic E-state index is 12.1. The van der Waals surface area contributed by atoms with Crippen LogP contribution < -0.4 is 0 Å². The van der Waals surface area contributed by atoms with Gasteiger partial charge in [0.1, 0.15) is 5.60 Å². The van der Waals surface area contributed by atoms with Crippen molar-refractivity contribution in [3.05, 3.63) is 0 Å². The Kier molecular flexibility index (Phi) is 5.79. The van der Waals surface area contributed by atoms with Gasteiger partial charge in [0.05, 0.1) is 11.7 Å². The fraction of sp³-hybridized carbons (Fsp3) is 0.938. The summed E-state index contributed by atoms with van der Waals surface area (Å²) in [6.45, 7) is 7.21. The third kappa shape index (κ3) is 4.98. The SMILES string of the molecule is CC(C)(C)OC(=O)N1CCC(CI)(OC2CCCC2)CC1. The van der Waals surface area contributed by atoms with Gasteiger partial charge in [0.25, 0.3) is 0 Å². The van der Waals surface area contributed by atoms with E-state index in [9.17, 15) is 4.79 Å². The largest absolute Gasteiger partial charge is 0.444 e. The van der Waals surface area contributed by atoms with Gasteiger partial charge in [-0.05, 0) is 46.5 Å². The van der Waals surface area contributed by atoms with Crippen LogP contribution in [0.3, 0.4) is 0 Å². The number of piperidine rings is 1. The third-order valence-electron chi connectivity index (χ3n) is 4.29. The lowest BCUT2D eigenvalue weighted by Crippen LogP contribution is -2.51. The van der Waals surface area contributed by atoms with Gasteiger partial charge in [-0.2, -0.15) is 0 Å². The molecule has 4 nitrogen and oxygen atoms in total. The molecule has 5 heteroatoms. The van der Waals surface area contributed by atoms with Crippen LogP contribution in [0.25, 0.3) is 0 Å². The van der Waals surface area contributed by atoms with Gasteiger partial charge < -0.3 is 14.4 Å². The molecule has 0 aromatic carbocycles. The highest BCUT2D eigenvalue weighted by Gasteiger charge is 2.39. The van der Waals surface area contributed by atoms with Gasteiger partial charge in [0.15, 0.2) is 0 Å². The van der Waals surface area contributed by atoms with Crippen LogP contribution in [0.2, 0.25) is 0 Å². The van der Waals surface area contributed by atoms with Crippen LogP contribution in [0.1, 0.15) is 59.3 Å². The van der Waals surface area contributed by atoms with Gasteiger partial charge >= 0.3 is 6.09 Å². The monoisotopic (exact) mass is 409 g/mol. The maximum absolute atomic E-state index is 12.1. The van der Waals surface area contributed by atoms with Gasteiger partial charge in [-0.3, -0.25) is 0 Å². The van der Waals surface area contributed by atoms with E-state index < -0.39 is 5.60 Å². The molecule has 1 aliphatic heterocycles. The van der Waals surface area contributed by atoms with Crippen molar-refractivity contribution in [2.45, 2.75) is 76.6 Å². The lowest BCUT2D eigenvalue weighted by molar-refractivity contribution is -0.104. The molecule has 2 rings (SSSR count). The second kappa shape index (κ2) is 7.02. The van der Waals surface area contributed by atoms with Crippen LogP contribution in [0.4, 0.5) is 4.79 Å². The molecule has 0 spiro atoms. The van der Waals surface area contributed by atoms with Crippen molar-refractivity contribution in [1.82, 2.24) is 4.90 Å². The molecule has 0 bridgehead atoms. The zero-order chi connectivity index (χ0) is 15.5. The maximum Gasteiger partial charge on any atom is 0.410 e. The van der Waals surface area contributed by atoms with Gasteiger partial charge in [-0.15, -0.1) is 0 Å². The number of halogens is 1. The van der Waals surface area contributed by atoms with E-state index in [1.165, 1.54) is 25.7 Å². The Bertz CT molecular complexity index is 353. The Balaban J connectivity index is 1.86. The number of nitrogens with zero attached hydrogens (tertiary/aromatic N) is 1. The summed E-state index contributed by atoms with van der Waals surface area (Å²) >= 11 is 2.43. The minimum atomic E-state index is -0.421. The van der Waals surface area contributed by atoms with E-state index >= 15 is 0 Å². The van der Waals surface area contributed by atoms with Crippen LogP contribution in [-0.2, 0) is 9.47 Å². The fourth-order valence-electron chi connectivity index (χ4n) is 3.07. The van der Waals surface area contributed by atoms with Crippen LogP contribution in [-0.4, -0.2) is 45.8 Å². The Morgan fingerprint density at radius 3 is 2.29 bits per heavy atom. The van der Waals surface area contributed by atoms with E-state index in [2.05, 4.69) is 22.6 Å². The van der Waals surface area contributed by atoms with Crippen molar-refractivity contribution >= 4 is 28.7 Å². The predicted octanol–water partition coefficient (Wildman–Crippen LogP) is 4.15. The Morgan fingerprint density at radius 1 is 1.24 bits per heavy atom. The minimum absolute atomic E-state index is 0.0337. The molecule has 1 amide bonds. The lowest BCUT2D eigenvalue weighted by Gasteiger charge is -2.42. The van der Waals surface area contributed by atoms with Crippen LogP contribution in [0.5, 0.6) is 0 Å². The molecular weight excluding hydrogens is 381 g/mol. The van der Waals surface area contributed by atoms with Crippen molar-refractivity contribution in [2.24, 2.45) is 0 Å². The Hall–Kier alpha value is -0.0400. The third-order valence-corrected chi connectivity index (χ3v) is 5.68. The molecule has 21 heavy (non-hydrogen) atoms. The number of alkyl halides is 1. The van der Waals surface area contributed by atoms with Crippen molar-refractivity contribution in [3.8, 4) is 0 Å². The van der Waals surface area contributed by atoms with Crippen LogP contribution in [0, 0.1) is 0 Å². The van der Waals surface area contributed by atoms with E-state index in [-0.39, 0.29) is 11.7 Å². The normalized spacial score (nSPS) is 23.3. The number of likely N-dealkylation sites (tertiary alicyclic amines) is 1. The van der Waals surface area contributed by atoms with Crippen LogP contribution in [0.15, 0.2) is 0 Å². The van der Waals surface area contributed by atoms with E-state index in [0.29, 0.717) is 6.10 Å². The first kappa shape index (κ1) is 17.3. The van der Waals surface area contributed by atoms with Gasteiger partial charge in [0, 0.05) is 17.5 Å². The highest BCUT2D eigenvalue weighted by molar-refractivity contribution is 14.1. The summed E-state index contributed by atoms with van der Waals surface area (Å²) in [7, 11) is 0. The number of carbonyl (C=O) groups is 1. The van der Waals surface area contributed by atoms with E-state index in [1.54, 1.807) is 0 Å². The zero-order valence-electron chi connectivity index (χ0n) is 13.5. The Morgan fingerprint density at radius 2 is 1.81 bits per heavy atom.